The average molecular weight is 375 g/mol. The molecule has 1 atom stereocenters. The maximum Gasteiger partial charge on any atom is 0.241 e. The van der Waals surface area contributed by atoms with Crippen LogP contribution in [0.2, 0.25) is 5.02 Å². The zero-order valence-corrected chi connectivity index (χ0v) is 16.2. The van der Waals surface area contributed by atoms with Gasteiger partial charge in [-0.2, -0.15) is 0 Å². The van der Waals surface area contributed by atoms with Crippen molar-refractivity contribution in [2.24, 2.45) is 0 Å². The molecular weight excluding hydrogens is 352 g/mol. The molecule has 0 aliphatic carbocycles. The molecule has 25 heavy (non-hydrogen) atoms. The highest BCUT2D eigenvalue weighted by Gasteiger charge is 2.30. The van der Waals surface area contributed by atoms with E-state index in [9.17, 15) is 4.79 Å². The lowest BCUT2D eigenvalue weighted by Gasteiger charge is -2.35. The van der Waals surface area contributed by atoms with Crippen molar-refractivity contribution >= 4 is 35.0 Å². The number of thioether (sulfide) groups is 1. The Balaban J connectivity index is 1.88. The summed E-state index contributed by atoms with van der Waals surface area (Å²) in [5.74, 6) is 0.162. The monoisotopic (exact) mass is 374 g/mol. The van der Waals surface area contributed by atoms with Gasteiger partial charge in [0.05, 0.1) is 17.5 Å². The topological polar surface area (TPSA) is 23.6 Å². The summed E-state index contributed by atoms with van der Waals surface area (Å²) in [6, 6.07) is 16.1. The number of fused-ring (bicyclic) bond motifs is 1. The number of amides is 1. The van der Waals surface area contributed by atoms with E-state index in [0.29, 0.717) is 13.1 Å². The van der Waals surface area contributed by atoms with Gasteiger partial charge in [0.2, 0.25) is 5.91 Å². The van der Waals surface area contributed by atoms with E-state index in [-0.39, 0.29) is 11.2 Å². The fourth-order valence-electron chi connectivity index (χ4n) is 3.05. The van der Waals surface area contributed by atoms with E-state index in [2.05, 4.69) is 36.9 Å². The van der Waals surface area contributed by atoms with Gasteiger partial charge in [-0.3, -0.25) is 9.69 Å². The molecule has 0 saturated heterocycles. The lowest BCUT2D eigenvalue weighted by atomic mass is 10.1. The zero-order chi connectivity index (χ0) is 17.8. The number of nitrogens with zero attached hydrogens (tertiary/aromatic N) is 2. The van der Waals surface area contributed by atoms with Crippen molar-refractivity contribution in [3.8, 4) is 0 Å². The summed E-state index contributed by atoms with van der Waals surface area (Å²) >= 11 is 7.84. The molecule has 1 heterocycles. The van der Waals surface area contributed by atoms with Gasteiger partial charge in [0, 0.05) is 16.5 Å². The second-order valence-corrected chi connectivity index (χ2v) is 7.77. The van der Waals surface area contributed by atoms with Crippen LogP contribution in [0.15, 0.2) is 53.4 Å². The molecule has 1 aliphatic rings. The van der Waals surface area contributed by atoms with Gasteiger partial charge in [-0.05, 0) is 42.9 Å². The van der Waals surface area contributed by atoms with E-state index < -0.39 is 0 Å². The van der Waals surface area contributed by atoms with Gasteiger partial charge in [0.1, 0.15) is 0 Å². The number of anilines is 1. The van der Waals surface area contributed by atoms with E-state index in [1.165, 1.54) is 5.56 Å². The number of hydrogen-bond donors (Lipinski definition) is 0. The molecule has 0 spiro atoms. The van der Waals surface area contributed by atoms with Crippen LogP contribution >= 0.6 is 23.4 Å². The van der Waals surface area contributed by atoms with E-state index in [1.807, 2.05) is 47.0 Å². The summed E-state index contributed by atoms with van der Waals surface area (Å²) in [4.78, 5) is 18.2. The SMILES string of the molecule is CCN(CC)CC(=O)N1CC(c2ccc(Cl)cc2)Sc2ccccc21. The molecule has 2 aromatic rings. The van der Waals surface area contributed by atoms with Crippen molar-refractivity contribution in [3.05, 3.63) is 59.1 Å². The zero-order valence-electron chi connectivity index (χ0n) is 14.6. The Hall–Kier alpha value is -1.49. The number of hydrogen-bond acceptors (Lipinski definition) is 3. The van der Waals surface area contributed by atoms with Crippen LogP contribution < -0.4 is 4.90 Å². The molecule has 0 bridgehead atoms. The highest BCUT2D eigenvalue weighted by molar-refractivity contribution is 7.99. The Bertz CT molecular complexity index is 731. The van der Waals surface area contributed by atoms with Crippen molar-refractivity contribution in [1.29, 1.82) is 0 Å². The summed E-state index contributed by atoms with van der Waals surface area (Å²) in [5.41, 5.74) is 2.22. The van der Waals surface area contributed by atoms with Crippen LogP contribution in [0.4, 0.5) is 5.69 Å². The van der Waals surface area contributed by atoms with E-state index in [4.69, 9.17) is 11.6 Å². The molecule has 132 valence electrons. The molecule has 5 heteroatoms. The van der Waals surface area contributed by atoms with Crippen LogP contribution in [-0.2, 0) is 4.79 Å². The predicted molar refractivity (Wildman–Crippen MR) is 107 cm³/mol. The first-order valence-corrected chi connectivity index (χ1v) is 9.92. The van der Waals surface area contributed by atoms with Crippen LogP contribution in [0, 0.1) is 0 Å². The van der Waals surface area contributed by atoms with Crippen molar-refractivity contribution in [2.45, 2.75) is 24.0 Å². The number of rotatable bonds is 5. The third-order valence-corrected chi connectivity index (χ3v) is 6.13. The van der Waals surface area contributed by atoms with Crippen molar-refractivity contribution in [3.63, 3.8) is 0 Å². The van der Waals surface area contributed by atoms with E-state index in [1.54, 1.807) is 0 Å². The summed E-state index contributed by atoms with van der Waals surface area (Å²) in [5, 5.41) is 0.951. The van der Waals surface area contributed by atoms with Gasteiger partial charge >= 0.3 is 0 Å². The Morgan fingerprint density at radius 2 is 1.84 bits per heavy atom. The van der Waals surface area contributed by atoms with Crippen molar-refractivity contribution < 1.29 is 4.79 Å². The molecule has 3 rings (SSSR count). The molecule has 1 unspecified atom stereocenters. The Kier molecular flexibility index (Phi) is 6.05. The molecule has 2 aromatic carbocycles. The van der Waals surface area contributed by atoms with E-state index in [0.717, 1.165) is 28.7 Å². The molecule has 3 nitrogen and oxygen atoms in total. The first kappa shape index (κ1) is 18.3. The summed E-state index contributed by atoms with van der Waals surface area (Å²) < 4.78 is 0. The van der Waals surface area contributed by atoms with Crippen LogP contribution in [0.25, 0.3) is 0 Å². The highest BCUT2D eigenvalue weighted by atomic mass is 35.5. The van der Waals surface area contributed by atoms with Crippen molar-refractivity contribution in [2.75, 3.05) is 31.1 Å². The summed E-state index contributed by atoms with van der Waals surface area (Å²) in [6.07, 6.45) is 0. The molecule has 0 fully saturated rings. The second kappa shape index (κ2) is 8.26. The quantitative estimate of drug-likeness (QED) is 0.746. The van der Waals surface area contributed by atoms with Gasteiger partial charge in [-0.15, -0.1) is 11.8 Å². The minimum atomic E-state index is 0.162. The number of para-hydroxylation sites is 1. The molecule has 1 amide bonds. The predicted octanol–water partition coefficient (Wildman–Crippen LogP) is 4.86. The fourth-order valence-corrected chi connectivity index (χ4v) is 4.45. The summed E-state index contributed by atoms with van der Waals surface area (Å²) in [6.45, 7) is 7.09. The molecule has 0 saturated carbocycles. The lowest BCUT2D eigenvalue weighted by Crippen LogP contribution is -2.43. The third kappa shape index (κ3) is 4.20. The summed E-state index contributed by atoms with van der Waals surface area (Å²) in [7, 11) is 0. The number of carbonyl (C=O) groups excluding carboxylic acids is 1. The number of benzene rings is 2. The van der Waals surface area contributed by atoms with Crippen LogP contribution in [0.5, 0.6) is 0 Å². The van der Waals surface area contributed by atoms with E-state index >= 15 is 0 Å². The molecule has 0 N–H and O–H groups in total. The first-order chi connectivity index (χ1) is 12.1. The van der Waals surface area contributed by atoms with Gasteiger partial charge in [0.15, 0.2) is 0 Å². The Morgan fingerprint density at radius 3 is 2.52 bits per heavy atom. The lowest BCUT2D eigenvalue weighted by molar-refractivity contribution is -0.119. The van der Waals surface area contributed by atoms with Crippen molar-refractivity contribution in [1.82, 2.24) is 4.90 Å². The largest absolute Gasteiger partial charge is 0.309 e. The van der Waals surface area contributed by atoms with Crippen LogP contribution in [0.3, 0.4) is 0 Å². The minimum Gasteiger partial charge on any atom is -0.309 e. The molecule has 1 aliphatic heterocycles. The average Bonchev–Trinajstić information content (AvgIpc) is 2.65. The number of carbonyl (C=O) groups is 1. The molecular formula is C20H23ClN2OS. The van der Waals surface area contributed by atoms with Crippen LogP contribution in [-0.4, -0.2) is 37.0 Å². The molecule has 0 radical (unpaired) electrons. The van der Waals surface area contributed by atoms with Gasteiger partial charge in [-0.1, -0.05) is 49.7 Å². The van der Waals surface area contributed by atoms with Gasteiger partial charge in [-0.25, -0.2) is 0 Å². The highest BCUT2D eigenvalue weighted by Crippen LogP contribution is 2.45. The smallest absolute Gasteiger partial charge is 0.241 e. The molecule has 0 aromatic heterocycles. The maximum absolute atomic E-state index is 13.0. The Morgan fingerprint density at radius 1 is 1.16 bits per heavy atom. The fraction of sp³-hybridized carbons (Fsp3) is 0.350. The number of likely N-dealkylation sites (N-methyl/N-ethyl adjacent to an activating group) is 1. The van der Waals surface area contributed by atoms with Gasteiger partial charge in [0.25, 0.3) is 0 Å². The third-order valence-electron chi connectivity index (χ3n) is 4.57. The Labute approximate surface area is 159 Å². The normalized spacial score (nSPS) is 16.8. The maximum atomic E-state index is 13.0. The second-order valence-electron chi connectivity index (χ2n) is 6.09. The minimum absolute atomic E-state index is 0.162. The standard InChI is InChI=1S/C20H23ClN2OS/c1-3-22(4-2)14-20(24)23-13-19(15-9-11-16(21)12-10-15)25-18-8-6-5-7-17(18)23/h5-12,19H,3-4,13-14H2,1-2H3. The van der Waals surface area contributed by atoms with Crippen LogP contribution in [0.1, 0.15) is 24.7 Å². The van der Waals surface area contributed by atoms with Gasteiger partial charge < -0.3 is 4.90 Å². The number of halogens is 1. The first-order valence-electron chi connectivity index (χ1n) is 8.66.